The molecule has 0 aromatic heterocycles. The fourth-order valence-electron chi connectivity index (χ4n) is 4.22. The maximum absolute atomic E-state index is 13.8. The van der Waals surface area contributed by atoms with E-state index < -0.39 is 26.7 Å². The summed E-state index contributed by atoms with van der Waals surface area (Å²) in [5.74, 6) is -0.0435. The van der Waals surface area contributed by atoms with Crippen LogP contribution in [0, 0.1) is 16.0 Å². The Morgan fingerprint density at radius 3 is 2.23 bits per heavy atom. The zero-order valence-corrected chi connectivity index (χ0v) is 17.5. The van der Waals surface area contributed by atoms with Crippen LogP contribution in [0.1, 0.15) is 31.0 Å². The summed E-state index contributed by atoms with van der Waals surface area (Å²) in [6.45, 7) is 4.08. The largest absolute Gasteiger partial charge is 0.289 e. The van der Waals surface area contributed by atoms with Crippen LogP contribution in [0.3, 0.4) is 0 Å². The molecule has 1 atom stereocenters. The van der Waals surface area contributed by atoms with Crippen molar-refractivity contribution in [2.45, 2.75) is 31.3 Å². The molecule has 30 heavy (non-hydrogen) atoms. The van der Waals surface area contributed by atoms with Gasteiger partial charge in [-0.3, -0.25) is 10.1 Å². The Balaban J connectivity index is 1.99. The van der Waals surface area contributed by atoms with Crippen LogP contribution < -0.4 is 0 Å². The van der Waals surface area contributed by atoms with Gasteiger partial charge in [0.2, 0.25) is 0 Å². The summed E-state index contributed by atoms with van der Waals surface area (Å²) in [7, 11) is -4.15. The number of nitro benzene ring substituents is 1. The quantitative estimate of drug-likeness (QED) is 0.429. The highest BCUT2D eigenvalue weighted by Crippen LogP contribution is 2.44. The molecular weight excluding hydrogens is 400 g/mol. The van der Waals surface area contributed by atoms with Crippen molar-refractivity contribution in [3.63, 3.8) is 0 Å². The average molecular weight is 423 g/mol. The third-order valence-corrected chi connectivity index (χ3v) is 7.38. The normalized spacial score (nSPS) is 16.6. The van der Waals surface area contributed by atoms with E-state index >= 15 is 0 Å². The highest BCUT2D eigenvalue weighted by molar-refractivity contribution is 7.89. The molecule has 154 valence electrons. The number of sulfonamides is 1. The predicted molar refractivity (Wildman–Crippen MR) is 115 cm³/mol. The minimum atomic E-state index is -4.15. The molecule has 3 aromatic carbocycles. The standard InChI is InChI=1S/C23H22N2O4S/c1-16(2)23-20-12-6-5-11-19(20)18-10-4-3-9-17(18)15-24(23)30(28,29)22-14-8-7-13-21(22)25(26)27/h3-14,16,23H,15H2,1-2H3. The second-order valence-electron chi connectivity index (χ2n) is 7.71. The van der Waals surface area contributed by atoms with Crippen LogP contribution >= 0.6 is 0 Å². The lowest BCUT2D eigenvalue weighted by Gasteiger charge is -2.33. The van der Waals surface area contributed by atoms with Gasteiger partial charge in [0.25, 0.3) is 15.7 Å². The van der Waals surface area contributed by atoms with Crippen LogP contribution in [-0.2, 0) is 16.6 Å². The monoisotopic (exact) mass is 422 g/mol. The molecule has 0 aliphatic carbocycles. The molecule has 0 radical (unpaired) electrons. The highest BCUT2D eigenvalue weighted by Gasteiger charge is 2.40. The summed E-state index contributed by atoms with van der Waals surface area (Å²) >= 11 is 0. The molecule has 1 aliphatic rings. The second kappa shape index (κ2) is 7.66. The van der Waals surface area contributed by atoms with Gasteiger partial charge in [0.15, 0.2) is 4.90 Å². The van der Waals surface area contributed by atoms with E-state index in [1.165, 1.54) is 28.6 Å². The molecule has 6 nitrogen and oxygen atoms in total. The van der Waals surface area contributed by atoms with Crippen LogP contribution in [-0.4, -0.2) is 17.6 Å². The first-order valence-corrected chi connectivity index (χ1v) is 11.2. The van der Waals surface area contributed by atoms with Crippen LogP contribution in [0.5, 0.6) is 0 Å². The number of nitrogens with zero attached hydrogens (tertiary/aromatic N) is 2. The van der Waals surface area contributed by atoms with E-state index in [0.29, 0.717) is 0 Å². The molecule has 0 N–H and O–H groups in total. The van der Waals surface area contributed by atoms with Gasteiger partial charge in [-0.2, -0.15) is 4.31 Å². The van der Waals surface area contributed by atoms with Gasteiger partial charge in [0, 0.05) is 12.6 Å². The van der Waals surface area contributed by atoms with E-state index in [4.69, 9.17) is 0 Å². The molecule has 0 fully saturated rings. The van der Waals surface area contributed by atoms with Crippen molar-refractivity contribution in [2.24, 2.45) is 5.92 Å². The van der Waals surface area contributed by atoms with Gasteiger partial charge in [-0.25, -0.2) is 8.42 Å². The number of para-hydroxylation sites is 1. The first kappa shape index (κ1) is 20.3. The Morgan fingerprint density at radius 2 is 1.53 bits per heavy atom. The maximum Gasteiger partial charge on any atom is 0.289 e. The Hall–Kier alpha value is -3.03. The SMILES string of the molecule is CC(C)C1c2ccccc2-c2ccccc2CN1S(=O)(=O)c1ccccc1[N+](=O)[O-]. The van der Waals surface area contributed by atoms with Crippen molar-refractivity contribution in [3.8, 4) is 11.1 Å². The van der Waals surface area contributed by atoms with Gasteiger partial charge in [0.1, 0.15) is 0 Å². The minimum Gasteiger partial charge on any atom is -0.258 e. The van der Waals surface area contributed by atoms with Gasteiger partial charge in [-0.15, -0.1) is 0 Å². The molecule has 7 heteroatoms. The number of nitro groups is 1. The zero-order valence-electron chi connectivity index (χ0n) is 16.7. The number of rotatable bonds is 4. The Kier molecular flexibility index (Phi) is 5.17. The summed E-state index contributed by atoms with van der Waals surface area (Å²) < 4.78 is 29.1. The molecule has 3 aromatic rings. The molecule has 4 rings (SSSR count). The van der Waals surface area contributed by atoms with Crippen molar-refractivity contribution in [2.75, 3.05) is 0 Å². The molecule has 0 saturated carbocycles. The first-order chi connectivity index (χ1) is 14.3. The van der Waals surface area contributed by atoms with Crippen molar-refractivity contribution in [1.82, 2.24) is 4.31 Å². The molecule has 0 saturated heterocycles. The summed E-state index contributed by atoms with van der Waals surface area (Å²) in [6, 6.07) is 20.6. The fourth-order valence-corrected chi connectivity index (χ4v) is 6.10. The molecule has 0 bridgehead atoms. The smallest absolute Gasteiger partial charge is 0.258 e. The van der Waals surface area contributed by atoms with Crippen LogP contribution in [0.2, 0.25) is 0 Å². The Bertz CT molecular complexity index is 1220. The van der Waals surface area contributed by atoms with Gasteiger partial charge < -0.3 is 0 Å². The topological polar surface area (TPSA) is 80.5 Å². The lowest BCUT2D eigenvalue weighted by Crippen LogP contribution is -2.36. The molecule has 1 unspecified atom stereocenters. The molecule has 1 aliphatic heterocycles. The van der Waals surface area contributed by atoms with E-state index in [2.05, 4.69) is 0 Å². The number of hydrogen-bond donors (Lipinski definition) is 0. The van der Waals surface area contributed by atoms with Crippen LogP contribution in [0.4, 0.5) is 5.69 Å². The van der Waals surface area contributed by atoms with Crippen molar-refractivity contribution >= 4 is 15.7 Å². The second-order valence-corrected chi connectivity index (χ2v) is 9.57. The third-order valence-electron chi connectivity index (χ3n) is 5.50. The maximum atomic E-state index is 13.8. The van der Waals surface area contributed by atoms with Gasteiger partial charge >= 0.3 is 0 Å². The highest BCUT2D eigenvalue weighted by atomic mass is 32.2. The van der Waals surface area contributed by atoms with Crippen molar-refractivity contribution in [1.29, 1.82) is 0 Å². The van der Waals surface area contributed by atoms with E-state index in [0.717, 1.165) is 22.3 Å². The zero-order chi connectivity index (χ0) is 21.5. The molecule has 1 heterocycles. The number of fused-ring (bicyclic) bond motifs is 3. The van der Waals surface area contributed by atoms with Gasteiger partial charge in [0.05, 0.1) is 11.0 Å². The fraction of sp³-hybridized carbons (Fsp3) is 0.217. The van der Waals surface area contributed by atoms with Crippen molar-refractivity contribution < 1.29 is 13.3 Å². The van der Waals surface area contributed by atoms with E-state index in [1.807, 2.05) is 62.4 Å². The molecule has 0 spiro atoms. The van der Waals surface area contributed by atoms with Crippen LogP contribution in [0.25, 0.3) is 11.1 Å². The van der Waals surface area contributed by atoms with E-state index in [-0.39, 0.29) is 17.4 Å². The lowest BCUT2D eigenvalue weighted by molar-refractivity contribution is -0.387. The summed E-state index contributed by atoms with van der Waals surface area (Å²) in [5, 5.41) is 11.6. The third kappa shape index (κ3) is 3.30. The van der Waals surface area contributed by atoms with E-state index in [1.54, 1.807) is 0 Å². The minimum absolute atomic E-state index is 0.0435. The molecule has 0 amide bonds. The number of benzene rings is 3. The van der Waals surface area contributed by atoms with Crippen LogP contribution in [0.15, 0.2) is 77.7 Å². The molecular formula is C23H22N2O4S. The predicted octanol–water partition coefficient (Wildman–Crippen LogP) is 5.16. The summed E-state index contributed by atoms with van der Waals surface area (Å²) in [4.78, 5) is 10.6. The van der Waals surface area contributed by atoms with Crippen molar-refractivity contribution in [3.05, 3.63) is 94.0 Å². The average Bonchev–Trinajstić information content (AvgIpc) is 2.89. The Labute approximate surface area is 176 Å². The summed E-state index contributed by atoms with van der Waals surface area (Å²) in [5.41, 5.74) is 3.34. The van der Waals surface area contributed by atoms with E-state index in [9.17, 15) is 18.5 Å². The first-order valence-electron chi connectivity index (χ1n) is 9.75. The van der Waals surface area contributed by atoms with Gasteiger partial charge in [-0.05, 0) is 34.2 Å². The summed E-state index contributed by atoms with van der Waals surface area (Å²) in [6.07, 6.45) is 0. The number of hydrogen-bond acceptors (Lipinski definition) is 4. The lowest BCUT2D eigenvalue weighted by atomic mass is 9.90. The Morgan fingerprint density at radius 1 is 0.933 bits per heavy atom. The van der Waals surface area contributed by atoms with Gasteiger partial charge in [-0.1, -0.05) is 74.5 Å².